The summed E-state index contributed by atoms with van der Waals surface area (Å²) in [5.74, 6) is -0.815. The summed E-state index contributed by atoms with van der Waals surface area (Å²) in [6.45, 7) is 4.82. The van der Waals surface area contributed by atoms with Gasteiger partial charge in [-0.1, -0.05) is 6.92 Å². The van der Waals surface area contributed by atoms with Crippen molar-refractivity contribution in [1.82, 2.24) is 9.80 Å². The zero-order chi connectivity index (χ0) is 13.3. The number of likely N-dealkylation sites (tertiary alicyclic amines) is 2. The number of amides is 2. The third kappa shape index (κ3) is 2.43. The second-order valence-corrected chi connectivity index (χ2v) is 5.45. The highest BCUT2D eigenvalue weighted by Crippen LogP contribution is 2.25. The summed E-state index contributed by atoms with van der Waals surface area (Å²) >= 11 is 0. The Morgan fingerprint density at radius 3 is 2.50 bits per heavy atom. The number of hydrogen-bond acceptors (Lipinski definition) is 3. The first-order valence-corrected chi connectivity index (χ1v) is 6.49. The Labute approximate surface area is 107 Å². The lowest BCUT2D eigenvalue weighted by molar-refractivity contribution is -0.142. The van der Waals surface area contributed by atoms with E-state index in [4.69, 9.17) is 10.8 Å². The van der Waals surface area contributed by atoms with Gasteiger partial charge in [-0.05, 0) is 24.8 Å². The molecule has 0 saturated carbocycles. The minimum Gasteiger partial charge on any atom is -0.481 e. The number of rotatable bonds is 2. The Hall–Kier alpha value is -1.30. The maximum Gasteiger partial charge on any atom is 0.320 e. The molecule has 2 saturated heterocycles. The van der Waals surface area contributed by atoms with Crippen molar-refractivity contribution in [3.8, 4) is 0 Å². The van der Waals surface area contributed by atoms with Crippen LogP contribution in [0, 0.1) is 17.8 Å². The first kappa shape index (κ1) is 13.1. The Balaban J connectivity index is 1.93. The molecule has 2 rings (SSSR count). The van der Waals surface area contributed by atoms with Gasteiger partial charge in [-0.2, -0.15) is 0 Å². The molecular weight excluding hydrogens is 234 g/mol. The molecule has 0 bridgehead atoms. The molecule has 3 N–H and O–H groups in total. The van der Waals surface area contributed by atoms with Crippen LogP contribution in [-0.4, -0.2) is 59.6 Å². The number of carbonyl (C=O) groups is 2. The van der Waals surface area contributed by atoms with Gasteiger partial charge in [0, 0.05) is 26.2 Å². The van der Waals surface area contributed by atoms with Crippen molar-refractivity contribution in [2.45, 2.75) is 13.3 Å². The van der Waals surface area contributed by atoms with Crippen LogP contribution in [0.1, 0.15) is 13.3 Å². The standard InChI is InChI=1S/C12H21N3O3/c1-8-5-15(7-10(8)11(16)17)12(18)14-3-2-9(4-13)6-14/h8-10H,2-7,13H2,1H3,(H,16,17)/t8-,9?,10-/m1/s1. The van der Waals surface area contributed by atoms with Crippen LogP contribution in [0.15, 0.2) is 0 Å². The molecule has 0 spiro atoms. The number of aliphatic carboxylic acids is 1. The monoisotopic (exact) mass is 255 g/mol. The zero-order valence-electron chi connectivity index (χ0n) is 10.7. The molecule has 1 unspecified atom stereocenters. The maximum absolute atomic E-state index is 12.2. The van der Waals surface area contributed by atoms with E-state index in [-0.39, 0.29) is 11.9 Å². The third-order valence-electron chi connectivity index (χ3n) is 4.09. The predicted octanol–water partition coefficient (Wildman–Crippen LogP) is 0.0395. The molecule has 0 aliphatic carbocycles. The molecule has 18 heavy (non-hydrogen) atoms. The molecule has 6 nitrogen and oxygen atoms in total. The highest BCUT2D eigenvalue weighted by molar-refractivity contribution is 5.78. The largest absolute Gasteiger partial charge is 0.481 e. The lowest BCUT2D eigenvalue weighted by atomic mass is 9.99. The van der Waals surface area contributed by atoms with E-state index < -0.39 is 11.9 Å². The number of nitrogens with zero attached hydrogens (tertiary/aromatic N) is 2. The Kier molecular flexibility index (Phi) is 3.75. The van der Waals surface area contributed by atoms with E-state index in [0.29, 0.717) is 32.1 Å². The molecule has 2 heterocycles. The normalized spacial score (nSPS) is 32.0. The van der Waals surface area contributed by atoms with Crippen molar-refractivity contribution in [3.63, 3.8) is 0 Å². The van der Waals surface area contributed by atoms with Gasteiger partial charge in [-0.3, -0.25) is 4.79 Å². The Bertz CT molecular complexity index is 347. The third-order valence-corrected chi connectivity index (χ3v) is 4.09. The maximum atomic E-state index is 12.2. The van der Waals surface area contributed by atoms with Gasteiger partial charge < -0.3 is 20.6 Å². The van der Waals surface area contributed by atoms with E-state index >= 15 is 0 Å². The van der Waals surface area contributed by atoms with Crippen molar-refractivity contribution in [3.05, 3.63) is 0 Å². The summed E-state index contributed by atoms with van der Waals surface area (Å²) < 4.78 is 0. The van der Waals surface area contributed by atoms with Crippen LogP contribution < -0.4 is 5.73 Å². The van der Waals surface area contributed by atoms with Crippen molar-refractivity contribution >= 4 is 12.0 Å². The smallest absolute Gasteiger partial charge is 0.320 e. The predicted molar refractivity (Wildman–Crippen MR) is 66.0 cm³/mol. The van der Waals surface area contributed by atoms with E-state index in [1.807, 2.05) is 6.92 Å². The zero-order valence-corrected chi connectivity index (χ0v) is 10.7. The molecule has 6 heteroatoms. The summed E-state index contributed by atoms with van der Waals surface area (Å²) in [5.41, 5.74) is 5.60. The van der Waals surface area contributed by atoms with Gasteiger partial charge in [0.05, 0.1) is 5.92 Å². The van der Waals surface area contributed by atoms with Crippen LogP contribution in [0.2, 0.25) is 0 Å². The second-order valence-electron chi connectivity index (χ2n) is 5.45. The summed E-state index contributed by atoms with van der Waals surface area (Å²) in [6.07, 6.45) is 0.952. The first-order valence-electron chi connectivity index (χ1n) is 6.49. The van der Waals surface area contributed by atoms with E-state index in [9.17, 15) is 9.59 Å². The molecule has 3 atom stereocenters. The van der Waals surface area contributed by atoms with Crippen LogP contribution >= 0.6 is 0 Å². The van der Waals surface area contributed by atoms with E-state index in [2.05, 4.69) is 0 Å². The van der Waals surface area contributed by atoms with E-state index in [0.717, 1.165) is 13.0 Å². The number of nitrogens with two attached hydrogens (primary N) is 1. The molecule has 0 radical (unpaired) electrons. The lowest BCUT2D eigenvalue weighted by Crippen LogP contribution is -2.41. The number of urea groups is 1. The average molecular weight is 255 g/mol. The molecular formula is C12H21N3O3. The Morgan fingerprint density at radius 1 is 1.28 bits per heavy atom. The minimum absolute atomic E-state index is 0.0263. The molecule has 0 aromatic carbocycles. The van der Waals surface area contributed by atoms with E-state index in [1.54, 1.807) is 9.80 Å². The van der Waals surface area contributed by atoms with Gasteiger partial charge >= 0.3 is 12.0 Å². The van der Waals surface area contributed by atoms with Gasteiger partial charge in [0.25, 0.3) is 0 Å². The highest BCUT2D eigenvalue weighted by atomic mass is 16.4. The fourth-order valence-electron chi connectivity index (χ4n) is 2.84. The molecule has 0 aromatic rings. The minimum atomic E-state index is -0.806. The van der Waals surface area contributed by atoms with Crippen LogP contribution in [0.5, 0.6) is 0 Å². The molecule has 2 fully saturated rings. The van der Waals surface area contributed by atoms with Crippen LogP contribution in [-0.2, 0) is 4.79 Å². The summed E-state index contributed by atoms with van der Waals surface area (Å²) in [5, 5.41) is 9.06. The summed E-state index contributed by atoms with van der Waals surface area (Å²) in [6, 6.07) is -0.0263. The number of carbonyl (C=O) groups excluding carboxylic acids is 1. The topological polar surface area (TPSA) is 86.9 Å². The molecule has 0 aromatic heterocycles. The Morgan fingerprint density at radius 2 is 2.00 bits per heavy atom. The number of hydrogen-bond donors (Lipinski definition) is 2. The van der Waals surface area contributed by atoms with Crippen LogP contribution in [0.4, 0.5) is 4.79 Å². The van der Waals surface area contributed by atoms with Crippen molar-refractivity contribution in [2.75, 3.05) is 32.7 Å². The fourth-order valence-corrected chi connectivity index (χ4v) is 2.84. The average Bonchev–Trinajstić information content (AvgIpc) is 2.94. The summed E-state index contributed by atoms with van der Waals surface area (Å²) in [7, 11) is 0. The van der Waals surface area contributed by atoms with Gasteiger partial charge in [-0.15, -0.1) is 0 Å². The van der Waals surface area contributed by atoms with Gasteiger partial charge in [0.2, 0.25) is 0 Å². The van der Waals surface area contributed by atoms with Gasteiger partial charge in [-0.25, -0.2) is 4.79 Å². The summed E-state index contributed by atoms with van der Waals surface area (Å²) in [4.78, 5) is 26.7. The fraction of sp³-hybridized carbons (Fsp3) is 0.833. The highest BCUT2D eigenvalue weighted by Gasteiger charge is 2.39. The SMILES string of the molecule is C[C@@H]1CN(C(=O)N2CCC(CN)C2)C[C@H]1C(=O)O. The number of carboxylic acid groups (broad SMARTS) is 1. The van der Waals surface area contributed by atoms with Crippen molar-refractivity contribution < 1.29 is 14.7 Å². The van der Waals surface area contributed by atoms with Crippen molar-refractivity contribution in [1.29, 1.82) is 0 Å². The van der Waals surface area contributed by atoms with Crippen LogP contribution in [0.25, 0.3) is 0 Å². The second kappa shape index (κ2) is 5.14. The van der Waals surface area contributed by atoms with Gasteiger partial charge in [0.15, 0.2) is 0 Å². The molecule has 2 aliphatic heterocycles. The molecule has 2 amide bonds. The van der Waals surface area contributed by atoms with Gasteiger partial charge in [0.1, 0.15) is 0 Å². The number of carboxylic acids is 1. The molecule has 2 aliphatic rings. The first-order chi connectivity index (χ1) is 8.52. The van der Waals surface area contributed by atoms with E-state index in [1.165, 1.54) is 0 Å². The quantitative estimate of drug-likeness (QED) is 0.729. The lowest BCUT2D eigenvalue weighted by Gasteiger charge is -2.24. The van der Waals surface area contributed by atoms with Crippen molar-refractivity contribution in [2.24, 2.45) is 23.5 Å². The van der Waals surface area contributed by atoms with Crippen LogP contribution in [0.3, 0.4) is 0 Å². The molecule has 102 valence electrons.